The third kappa shape index (κ3) is 5.13. The number of anilines is 1. The predicted octanol–water partition coefficient (Wildman–Crippen LogP) is 4.67. The summed E-state index contributed by atoms with van der Waals surface area (Å²) in [4.78, 5) is 23.9. The minimum atomic E-state index is -4.03. The number of hydrogen-bond donors (Lipinski definition) is 1. The molecule has 3 aromatic heterocycles. The van der Waals surface area contributed by atoms with Gasteiger partial charge in [-0.2, -0.15) is 17.8 Å². The Bertz CT molecular complexity index is 2070. The highest BCUT2D eigenvalue weighted by molar-refractivity contribution is 7.87. The van der Waals surface area contributed by atoms with Crippen molar-refractivity contribution in [2.45, 2.75) is 50.2 Å². The number of nitrogens with one attached hydrogen (secondary N) is 1. The Morgan fingerprint density at radius 1 is 1.13 bits per heavy atom. The van der Waals surface area contributed by atoms with Gasteiger partial charge in [-0.15, -0.1) is 0 Å². The fraction of sp³-hybridized carbons (Fsp3) is 0.355. The van der Waals surface area contributed by atoms with Gasteiger partial charge in [-0.25, -0.2) is 23.1 Å². The van der Waals surface area contributed by atoms with Crippen LogP contribution in [0.15, 0.2) is 61.1 Å². The zero-order chi connectivity index (χ0) is 32.3. The van der Waals surface area contributed by atoms with E-state index in [4.69, 9.17) is 26.3 Å². The number of piperidine rings is 1. The van der Waals surface area contributed by atoms with Crippen LogP contribution in [0.1, 0.15) is 24.8 Å². The molecule has 5 aromatic rings. The number of benzene rings is 2. The number of nitrogens with zero attached hydrogens (tertiary/aromatic N) is 7. The van der Waals surface area contributed by atoms with Crippen molar-refractivity contribution in [1.82, 2.24) is 33.3 Å². The first kappa shape index (κ1) is 30.4. The lowest BCUT2D eigenvalue weighted by Crippen LogP contribution is -2.58. The summed E-state index contributed by atoms with van der Waals surface area (Å²) in [5, 5.41) is 8.25. The van der Waals surface area contributed by atoms with Crippen molar-refractivity contribution < 1.29 is 22.3 Å². The van der Waals surface area contributed by atoms with Crippen molar-refractivity contribution in [3.8, 4) is 11.1 Å². The first-order valence-electron chi connectivity index (χ1n) is 14.9. The smallest absolute Gasteiger partial charge is 0.407 e. The van der Waals surface area contributed by atoms with E-state index in [-0.39, 0.29) is 18.3 Å². The van der Waals surface area contributed by atoms with Crippen molar-refractivity contribution >= 4 is 55.8 Å². The molecule has 15 heteroatoms. The summed E-state index contributed by atoms with van der Waals surface area (Å²) in [6.45, 7) is 0.0870. The van der Waals surface area contributed by atoms with Crippen LogP contribution in [-0.2, 0) is 28.6 Å². The number of fused-ring (bicyclic) bond motifs is 4. The van der Waals surface area contributed by atoms with E-state index >= 15 is 4.39 Å². The molecule has 2 aliphatic heterocycles. The van der Waals surface area contributed by atoms with Gasteiger partial charge in [-0.3, -0.25) is 4.68 Å². The molecule has 46 heavy (non-hydrogen) atoms. The Balaban J connectivity index is 1.21. The number of halogens is 2. The minimum absolute atomic E-state index is 0.0870. The molecule has 1 amide bonds. The van der Waals surface area contributed by atoms with Gasteiger partial charge in [0.1, 0.15) is 24.1 Å². The van der Waals surface area contributed by atoms with Crippen molar-refractivity contribution in [2.24, 2.45) is 7.05 Å². The average Bonchev–Trinajstić information content (AvgIpc) is 3.72. The van der Waals surface area contributed by atoms with E-state index in [1.54, 1.807) is 30.2 Å². The van der Waals surface area contributed by atoms with Crippen LogP contribution in [-0.4, -0.2) is 80.9 Å². The summed E-state index contributed by atoms with van der Waals surface area (Å²) in [5.74, 6) is 0.362. The maximum absolute atomic E-state index is 16.0. The maximum atomic E-state index is 16.0. The molecule has 2 bridgehead atoms. The Kier molecular flexibility index (Phi) is 7.60. The molecule has 2 saturated heterocycles. The second-order valence-corrected chi connectivity index (χ2v) is 14.3. The zero-order valence-electron chi connectivity index (χ0n) is 25.3. The minimum Gasteiger partial charge on any atom is -0.445 e. The van der Waals surface area contributed by atoms with Gasteiger partial charge in [0.25, 0.3) is 0 Å². The number of ether oxygens (including phenoxy) is 1. The third-order valence-corrected chi connectivity index (χ3v) is 10.9. The molecular weight excluding hydrogens is 635 g/mol. The molecule has 4 atom stereocenters. The van der Waals surface area contributed by atoms with E-state index in [0.29, 0.717) is 57.6 Å². The highest BCUT2D eigenvalue weighted by Crippen LogP contribution is 2.42. The number of aromatic nitrogens is 5. The lowest BCUT2D eigenvalue weighted by atomic mass is 9.95. The van der Waals surface area contributed by atoms with Crippen LogP contribution in [0.3, 0.4) is 0 Å². The van der Waals surface area contributed by atoms with Crippen molar-refractivity contribution in [2.75, 3.05) is 19.0 Å². The number of amides is 1. The van der Waals surface area contributed by atoms with E-state index in [9.17, 15) is 13.2 Å². The van der Waals surface area contributed by atoms with Crippen molar-refractivity contribution in [1.29, 1.82) is 0 Å². The van der Waals surface area contributed by atoms with Crippen LogP contribution in [0.25, 0.3) is 33.2 Å². The Morgan fingerprint density at radius 3 is 2.67 bits per heavy atom. The summed E-state index contributed by atoms with van der Waals surface area (Å²) >= 11 is 6.83. The van der Waals surface area contributed by atoms with E-state index in [1.807, 2.05) is 41.3 Å². The molecule has 0 unspecified atom stereocenters. The van der Waals surface area contributed by atoms with Crippen LogP contribution in [0.4, 0.5) is 15.0 Å². The van der Waals surface area contributed by atoms with Crippen LogP contribution in [0, 0.1) is 0 Å². The SMILES string of the molecule is CN(C)S(=O)(=O)n1cc(-c2ccc3nn(C)cc3c2Cl)c2ncc(N3[C@H]4CC[C@@H]3[C@@H](F)[C@@H](NC(=O)OCc3ccccc3)C4)nc21. The number of aryl methyl sites for hydroxylation is 1. The molecule has 0 radical (unpaired) electrons. The van der Waals surface area contributed by atoms with Crippen molar-refractivity contribution in [3.05, 3.63) is 71.6 Å². The average molecular weight is 667 g/mol. The standard InChI is InChI=1S/C31H32ClFN8O4S/c1-38(2)46(43,44)40-16-21(20-10-11-23-22(27(20)32)15-39(3)37-23)29-30(40)36-26(14-34-29)41-19-9-12-25(41)28(33)24(13-19)35-31(42)45-17-18-7-5-4-6-8-18/h4-8,10-11,14-16,19,24-25,28H,9,12-13,17H2,1-3H3,(H,35,42)/t19-,24-,25+,28-/m0/s1. The first-order chi connectivity index (χ1) is 22.0. The summed E-state index contributed by atoms with van der Waals surface area (Å²) in [5.41, 5.74) is 3.04. The van der Waals surface area contributed by atoms with Gasteiger partial charge in [0.15, 0.2) is 5.65 Å². The largest absolute Gasteiger partial charge is 0.445 e. The summed E-state index contributed by atoms with van der Waals surface area (Å²) in [6, 6.07) is 11.4. The molecule has 5 heterocycles. The van der Waals surface area contributed by atoms with Gasteiger partial charge in [-0.05, 0) is 30.9 Å². The Morgan fingerprint density at radius 2 is 1.91 bits per heavy atom. The van der Waals surface area contributed by atoms with Crippen LogP contribution < -0.4 is 10.2 Å². The van der Waals surface area contributed by atoms with Gasteiger partial charge >= 0.3 is 16.3 Å². The lowest BCUT2D eigenvalue weighted by molar-refractivity contribution is 0.117. The molecule has 0 aliphatic carbocycles. The van der Waals surface area contributed by atoms with E-state index < -0.39 is 34.6 Å². The normalized spacial score (nSPS) is 21.4. The van der Waals surface area contributed by atoms with E-state index in [2.05, 4.69) is 10.4 Å². The van der Waals surface area contributed by atoms with E-state index in [0.717, 1.165) is 13.8 Å². The number of alkyl carbamates (subject to hydrolysis) is 1. The second kappa shape index (κ2) is 11.5. The summed E-state index contributed by atoms with van der Waals surface area (Å²) < 4.78 is 52.2. The van der Waals surface area contributed by atoms with Gasteiger partial charge in [-0.1, -0.05) is 48.0 Å². The van der Waals surface area contributed by atoms with Crippen LogP contribution in [0.5, 0.6) is 0 Å². The predicted molar refractivity (Wildman–Crippen MR) is 173 cm³/mol. The van der Waals surface area contributed by atoms with Gasteiger partial charge in [0.2, 0.25) is 0 Å². The second-order valence-electron chi connectivity index (χ2n) is 11.9. The fourth-order valence-corrected chi connectivity index (χ4v) is 7.82. The number of carbonyl (C=O) groups is 1. The molecule has 0 saturated carbocycles. The number of hydrogen-bond acceptors (Lipinski definition) is 8. The lowest BCUT2D eigenvalue weighted by Gasteiger charge is -2.41. The van der Waals surface area contributed by atoms with Gasteiger partial charge in [0, 0.05) is 56.1 Å². The molecule has 0 spiro atoms. The maximum Gasteiger partial charge on any atom is 0.407 e. The van der Waals surface area contributed by atoms with Crippen LogP contribution in [0.2, 0.25) is 5.02 Å². The molecule has 240 valence electrons. The molecule has 7 rings (SSSR count). The fourth-order valence-electron chi connectivity index (χ4n) is 6.57. The Hall–Kier alpha value is -4.27. The Labute approximate surface area is 269 Å². The summed E-state index contributed by atoms with van der Waals surface area (Å²) in [7, 11) is 0.638. The van der Waals surface area contributed by atoms with E-state index in [1.165, 1.54) is 20.3 Å². The molecule has 1 N–H and O–H groups in total. The first-order valence-corrected chi connectivity index (χ1v) is 16.6. The zero-order valence-corrected chi connectivity index (χ0v) is 26.9. The van der Waals surface area contributed by atoms with Gasteiger partial charge < -0.3 is 15.0 Å². The topological polar surface area (TPSA) is 127 Å². The highest BCUT2D eigenvalue weighted by Gasteiger charge is 2.49. The third-order valence-electron chi connectivity index (χ3n) is 8.79. The van der Waals surface area contributed by atoms with Crippen LogP contribution >= 0.6 is 11.6 Å². The number of rotatable bonds is 7. The molecule has 2 aliphatic rings. The summed E-state index contributed by atoms with van der Waals surface area (Å²) in [6.07, 6.45) is 4.31. The molecular formula is C31H32ClFN8O4S. The molecule has 2 aromatic carbocycles. The number of carbonyl (C=O) groups excluding carboxylic acids is 1. The van der Waals surface area contributed by atoms with Crippen molar-refractivity contribution in [3.63, 3.8) is 0 Å². The molecule has 2 fully saturated rings. The quantitative estimate of drug-likeness (QED) is 0.266. The number of alkyl halides is 1. The highest BCUT2D eigenvalue weighted by atomic mass is 35.5. The van der Waals surface area contributed by atoms with Gasteiger partial charge in [0.05, 0.1) is 28.8 Å². The molecule has 12 nitrogen and oxygen atoms in total. The monoisotopic (exact) mass is 666 g/mol.